The smallest absolute Gasteiger partial charge is 0.244 e. The molecule has 0 aliphatic carbocycles. The van der Waals surface area contributed by atoms with Gasteiger partial charge < -0.3 is 10.1 Å². The van der Waals surface area contributed by atoms with E-state index in [0.717, 1.165) is 12.2 Å². The number of fused-ring (bicyclic) bond motifs is 1. The molecule has 5 nitrogen and oxygen atoms in total. The highest BCUT2D eigenvalue weighted by atomic mass is 16.5. The van der Waals surface area contributed by atoms with Crippen molar-refractivity contribution in [3.63, 3.8) is 0 Å². The highest BCUT2D eigenvalue weighted by molar-refractivity contribution is 5.79. The summed E-state index contributed by atoms with van der Waals surface area (Å²) in [4.78, 5) is 12.0. The zero-order chi connectivity index (χ0) is 13.9. The van der Waals surface area contributed by atoms with Crippen molar-refractivity contribution in [1.82, 2.24) is 15.1 Å². The van der Waals surface area contributed by atoms with Crippen LogP contribution in [-0.2, 0) is 11.2 Å². The summed E-state index contributed by atoms with van der Waals surface area (Å²) in [5.41, 5.74) is 1.20. The minimum Gasteiger partial charge on any atom is -0.488 e. The van der Waals surface area contributed by atoms with Gasteiger partial charge in [0.15, 0.2) is 0 Å². The van der Waals surface area contributed by atoms with Gasteiger partial charge in [0.1, 0.15) is 17.9 Å². The monoisotopic (exact) mass is 271 g/mol. The van der Waals surface area contributed by atoms with Gasteiger partial charge in [0.25, 0.3) is 0 Å². The Hall–Kier alpha value is -2.30. The van der Waals surface area contributed by atoms with Crippen LogP contribution in [0.15, 0.2) is 42.7 Å². The van der Waals surface area contributed by atoms with E-state index < -0.39 is 0 Å². The Labute approximate surface area is 117 Å². The summed E-state index contributed by atoms with van der Waals surface area (Å²) >= 11 is 0. The van der Waals surface area contributed by atoms with E-state index in [0.29, 0.717) is 6.54 Å². The first-order valence-electron chi connectivity index (χ1n) is 6.75. The first-order chi connectivity index (χ1) is 9.74. The average molecular weight is 271 g/mol. The van der Waals surface area contributed by atoms with Crippen LogP contribution in [0.5, 0.6) is 5.75 Å². The molecule has 5 heteroatoms. The molecule has 1 aromatic carbocycles. The van der Waals surface area contributed by atoms with Gasteiger partial charge >= 0.3 is 0 Å². The molecule has 1 aromatic heterocycles. The van der Waals surface area contributed by atoms with Crippen LogP contribution in [0.2, 0.25) is 0 Å². The number of amides is 1. The van der Waals surface area contributed by atoms with Crippen molar-refractivity contribution < 1.29 is 9.53 Å². The van der Waals surface area contributed by atoms with E-state index in [1.807, 2.05) is 25.1 Å². The molecule has 0 saturated heterocycles. The van der Waals surface area contributed by atoms with Gasteiger partial charge in [-0.3, -0.25) is 9.48 Å². The predicted octanol–water partition coefficient (Wildman–Crippen LogP) is 1.56. The zero-order valence-electron chi connectivity index (χ0n) is 11.3. The lowest BCUT2D eigenvalue weighted by Crippen LogP contribution is -2.38. The summed E-state index contributed by atoms with van der Waals surface area (Å²) in [6.07, 6.45) is 4.31. The molecule has 0 spiro atoms. The lowest BCUT2D eigenvalue weighted by atomic mass is 10.1. The van der Waals surface area contributed by atoms with E-state index in [2.05, 4.69) is 16.5 Å². The Morgan fingerprint density at radius 1 is 1.50 bits per heavy atom. The number of ether oxygens (including phenoxy) is 1. The van der Waals surface area contributed by atoms with E-state index in [9.17, 15) is 4.79 Å². The Kier molecular flexibility index (Phi) is 3.41. The fraction of sp³-hybridized carbons (Fsp3) is 0.333. The molecular formula is C15H17N3O2. The summed E-state index contributed by atoms with van der Waals surface area (Å²) in [6.45, 7) is 2.34. The summed E-state index contributed by atoms with van der Waals surface area (Å²) in [7, 11) is 0. The highest BCUT2D eigenvalue weighted by Crippen LogP contribution is 2.27. The molecule has 0 radical (unpaired) electrons. The first-order valence-corrected chi connectivity index (χ1v) is 6.75. The van der Waals surface area contributed by atoms with E-state index >= 15 is 0 Å². The molecule has 2 aromatic rings. The second-order valence-corrected chi connectivity index (χ2v) is 4.96. The molecule has 1 N–H and O–H groups in total. The molecule has 1 aliphatic heterocycles. The number of hydrogen-bond donors (Lipinski definition) is 1. The van der Waals surface area contributed by atoms with Gasteiger partial charge in [0.05, 0.1) is 6.54 Å². The van der Waals surface area contributed by atoms with Crippen molar-refractivity contribution in [2.75, 3.05) is 6.54 Å². The number of nitrogens with one attached hydrogen (secondary N) is 1. The second-order valence-electron chi connectivity index (χ2n) is 4.96. The molecule has 1 aliphatic rings. The predicted molar refractivity (Wildman–Crippen MR) is 74.5 cm³/mol. The van der Waals surface area contributed by atoms with Crippen molar-refractivity contribution in [2.24, 2.45) is 0 Å². The molecule has 0 bridgehead atoms. The van der Waals surface area contributed by atoms with Crippen molar-refractivity contribution in [1.29, 1.82) is 0 Å². The molecule has 20 heavy (non-hydrogen) atoms. The summed E-state index contributed by atoms with van der Waals surface area (Å²) in [5.74, 6) is 0.875. The molecule has 104 valence electrons. The van der Waals surface area contributed by atoms with Crippen LogP contribution >= 0.6 is 0 Å². The van der Waals surface area contributed by atoms with E-state index in [4.69, 9.17) is 4.74 Å². The molecule has 2 atom stereocenters. The lowest BCUT2D eigenvalue weighted by Gasteiger charge is -2.15. The van der Waals surface area contributed by atoms with Crippen LogP contribution in [0.1, 0.15) is 18.5 Å². The Morgan fingerprint density at radius 2 is 2.35 bits per heavy atom. The summed E-state index contributed by atoms with van der Waals surface area (Å²) in [6, 6.07) is 9.48. The third-order valence-corrected chi connectivity index (χ3v) is 3.52. The molecule has 0 unspecified atom stereocenters. The fourth-order valence-corrected chi connectivity index (χ4v) is 2.36. The molecule has 1 amide bonds. The number of carbonyl (C=O) groups excluding carboxylic acids is 1. The number of benzene rings is 1. The van der Waals surface area contributed by atoms with Crippen LogP contribution in [-0.4, -0.2) is 28.3 Å². The quantitative estimate of drug-likeness (QED) is 0.918. The summed E-state index contributed by atoms with van der Waals surface area (Å²) in [5, 5.41) is 7.00. The van der Waals surface area contributed by atoms with Crippen LogP contribution in [0, 0.1) is 0 Å². The standard InChI is InChI=1S/C15H17N3O2/c1-11(18-8-4-7-17-18)15(19)16-10-13-9-12-5-2-3-6-14(12)20-13/h2-8,11,13H,9-10H2,1H3,(H,16,19)/t11-,13+/m1/s1. The van der Waals surface area contributed by atoms with Gasteiger partial charge in [-0.05, 0) is 24.6 Å². The average Bonchev–Trinajstić information content (AvgIpc) is 3.12. The fourth-order valence-electron chi connectivity index (χ4n) is 2.36. The van der Waals surface area contributed by atoms with Crippen LogP contribution in [0.25, 0.3) is 0 Å². The van der Waals surface area contributed by atoms with Crippen molar-refractivity contribution in [3.8, 4) is 5.75 Å². The number of nitrogens with zero attached hydrogens (tertiary/aromatic N) is 2. The van der Waals surface area contributed by atoms with Crippen molar-refractivity contribution in [3.05, 3.63) is 48.3 Å². The number of carbonyl (C=O) groups is 1. The Balaban J connectivity index is 1.53. The van der Waals surface area contributed by atoms with Crippen LogP contribution in [0.3, 0.4) is 0 Å². The number of para-hydroxylation sites is 1. The van der Waals surface area contributed by atoms with E-state index in [1.165, 1.54) is 5.56 Å². The molecular weight excluding hydrogens is 254 g/mol. The van der Waals surface area contributed by atoms with Crippen LogP contribution in [0.4, 0.5) is 0 Å². The molecule has 0 saturated carbocycles. The van der Waals surface area contributed by atoms with E-state index in [-0.39, 0.29) is 18.1 Å². The highest BCUT2D eigenvalue weighted by Gasteiger charge is 2.23. The number of rotatable bonds is 4. The maximum absolute atomic E-state index is 12.0. The minimum atomic E-state index is -0.311. The van der Waals surface area contributed by atoms with Gasteiger partial charge in [0.2, 0.25) is 5.91 Å². The lowest BCUT2D eigenvalue weighted by molar-refractivity contribution is -0.124. The van der Waals surface area contributed by atoms with Crippen molar-refractivity contribution in [2.45, 2.75) is 25.5 Å². The third kappa shape index (κ3) is 2.52. The normalized spacial score (nSPS) is 18.1. The van der Waals surface area contributed by atoms with E-state index in [1.54, 1.807) is 23.1 Å². The zero-order valence-corrected chi connectivity index (χ0v) is 11.3. The Bertz CT molecular complexity index is 570. The second kappa shape index (κ2) is 5.36. The van der Waals surface area contributed by atoms with Crippen LogP contribution < -0.4 is 10.1 Å². The van der Waals surface area contributed by atoms with Gasteiger partial charge in [-0.15, -0.1) is 0 Å². The molecule has 0 fully saturated rings. The molecule has 2 heterocycles. The number of hydrogen-bond acceptors (Lipinski definition) is 3. The maximum Gasteiger partial charge on any atom is 0.244 e. The molecule has 3 rings (SSSR count). The topological polar surface area (TPSA) is 56.1 Å². The third-order valence-electron chi connectivity index (χ3n) is 3.52. The number of aromatic nitrogens is 2. The van der Waals surface area contributed by atoms with Gasteiger partial charge in [0, 0.05) is 18.8 Å². The summed E-state index contributed by atoms with van der Waals surface area (Å²) < 4.78 is 7.43. The van der Waals surface area contributed by atoms with Gasteiger partial charge in [-0.1, -0.05) is 18.2 Å². The minimum absolute atomic E-state index is 0.0150. The largest absolute Gasteiger partial charge is 0.488 e. The first kappa shape index (κ1) is 12.7. The SMILES string of the molecule is C[C@H](C(=O)NC[C@@H]1Cc2ccccc2O1)n1cccn1. The Morgan fingerprint density at radius 3 is 3.10 bits per heavy atom. The van der Waals surface area contributed by atoms with Gasteiger partial charge in [-0.2, -0.15) is 5.10 Å². The van der Waals surface area contributed by atoms with Crippen molar-refractivity contribution >= 4 is 5.91 Å². The maximum atomic E-state index is 12.0. The van der Waals surface area contributed by atoms with Gasteiger partial charge in [-0.25, -0.2) is 0 Å².